The van der Waals surface area contributed by atoms with Gasteiger partial charge < -0.3 is 34.2 Å². The first kappa shape index (κ1) is 28.8. The molecule has 4 aromatic rings. The van der Waals surface area contributed by atoms with Gasteiger partial charge in [-0.05, 0) is 38.1 Å². The molecule has 4 aromatic heterocycles. The van der Waals surface area contributed by atoms with Crippen molar-refractivity contribution in [2.75, 3.05) is 50.0 Å². The molecule has 5 heterocycles. The van der Waals surface area contributed by atoms with Crippen LogP contribution in [0.3, 0.4) is 0 Å². The fourth-order valence-electron chi connectivity index (χ4n) is 3.94. The summed E-state index contributed by atoms with van der Waals surface area (Å²) in [6.45, 7) is 7.04. The van der Waals surface area contributed by atoms with Gasteiger partial charge >= 0.3 is 18.0 Å². The average Bonchev–Trinajstić information content (AvgIpc) is 3.55. The molecule has 15 heteroatoms. The highest BCUT2D eigenvalue weighted by Crippen LogP contribution is 2.14. The fraction of sp³-hybridized carbons (Fsp3) is 0.308. The van der Waals surface area contributed by atoms with Crippen molar-refractivity contribution in [2.24, 2.45) is 0 Å². The normalized spacial score (nSPS) is 12.8. The lowest BCUT2D eigenvalue weighted by atomic mass is 10.2. The molecule has 1 aliphatic heterocycles. The van der Waals surface area contributed by atoms with Crippen molar-refractivity contribution in [1.82, 2.24) is 34.3 Å². The third-order valence-electron chi connectivity index (χ3n) is 5.87. The number of hydrogen-bond donors (Lipinski definition) is 5. The Hall–Kier alpha value is -5.18. The molecule has 1 fully saturated rings. The Morgan fingerprint density at radius 1 is 0.829 bits per heavy atom. The maximum Gasteiger partial charge on any atom is 0.335 e. The number of hydrogen-bond acceptors (Lipinski definition) is 7. The zero-order valence-electron chi connectivity index (χ0n) is 22.6. The number of carbonyl (C=O) groups is 4. The minimum Gasteiger partial charge on any atom is -0.478 e. The smallest absolute Gasteiger partial charge is 0.335 e. The van der Waals surface area contributed by atoms with E-state index < -0.39 is 5.97 Å². The van der Waals surface area contributed by atoms with Crippen molar-refractivity contribution in [2.45, 2.75) is 13.8 Å². The van der Waals surface area contributed by atoms with E-state index in [2.05, 4.69) is 31.2 Å². The van der Waals surface area contributed by atoms with Crippen LogP contribution in [0.4, 0.5) is 21.2 Å². The molecule has 0 atom stereocenters. The number of nitrogens with one attached hydrogen (secondary N) is 4. The Morgan fingerprint density at radius 2 is 1.32 bits per heavy atom. The molecular weight excluding hydrogens is 534 g/mol. The zero-order chi connectivity index (χ0) is 29.4. The lowest BCUT2D eigenvalue weighted by Gasteiger charge is -2.26. The quantitative estimate of drug-likeness (QED) is 0.235. The lowest BCUT2D eigenvalue weighted by Crippen LogP contribution is -2.40. The molecule has 0 bridgehead atoms. The molecule has 0 aromatic carbocycles. The second kappa shape index (κ2) is 13.3. The Bertz CT molecular complexity index is 1560. The number of carboxylic acid groups (broad SMARTS) is 1. The molecular formula is C26H31N9O6. The number of aromatic carboxylic acids is 1. The second-order valence-electron chi connectivity index (χ2n) is 8.79. The van der Waals surface area contributed by atoms with Crippen LogP contribution in [0.15, 0.2) is 49.1 Å². The number of amides is 5. The number of rotatable bonds is 6. The second-order valence-corrected chi connectivity index (χ2v) is 8.79. The first-order valence-corrected chi connectivity index (χ1v) is 12.9. The third kappa shape index (κ3) is 7.48. The van der Waals surface area contributed by atoms with E-state index >= 15 is 0 Å². The van der Waals surface area contributed by atoms with Crippen LogP contribution in [-0.2, 0) is 4.74 Å². The van der Waals surface area contributed by atoms with Crippen molar-refractivity contribution < 1.29 is 29.0 Å². The van der Waals surface area contributed by atoms with Gasteiger partial charge in [-0.1, -0.05) is 0 Å². The summed E-state index contributed by atoms with van der Waals surface area (Å²) >= 11 is 0. The first-order valence-electron chi connectivity index (χ1n) is 12.9. The number of imidazole rings is 2. The van der Waals surface area contributed by atoms with Crippen molar-refractivity contribution in [3.63, 3.8) is 0 Å². The number of morpholine rings is 1. The van der Waals surface area contributed by atoms with E-state index in [4.69, 9.17) is 9.84 Å². The van der Waals surface area contributed by atoms with Crippen molar-refractivity contribution in [1.29, 1.82) is 0 Å². The van der Waals surface area contributed by atoms with Gasteiger partial charge in [0.05, 0.1) is 31.2 Å². The highest BCUT2D eigenvalue weighted by molar-refractivity contribution is 5.95. The molecule has 5 N–H and O–H groups in total. The summed E-state index contributed by atoms with van der Waals surface area (Å²) in [6, 6.07) is 5.72. The van der Waals surface area contributed by atoms with E-state index in [1.807, 2.05) is 13.8 Å². The molecule has 216 valence electrons. The van der Waals surface area contributed by atoms with Crippen LogP contribution in [0.1, 0.15) is 34.6 Å². The van der Waals surface area contributed by atoms with Crippen molar-refractivity contribution >= 4 is 46.9 Å². The third-order valence-corrected chi connectivity index (χ3v) is 5.87. The number of aromatic nitrogens is 4. The molecule has 41 heavy (non-hydrogen) atoms. The van der Waals surface area contributed by atoms with E-state index in [9.17, 15) is 19.2 Å². The minimum absolute atomic E-state index is 0.0305. The van der Waals surface area contributed by atoms with Gasteiger partial charge in [-0.25, -0.2) is 24.4 Å². The summed E-state index contributed by atoms with van der Waals surface area (Å²) in [7, 11) is 0. The van der Waals surface area contributed by atoms with Gasteiger partial charge in [-0.15, -0.1) is 0 Å². The van der Waals surface area contributed by atoms with Crippen LogP contribution in [0.25, 0.3) is 11.3 Å². The van der Waals surface area contributed by atoms with Crippen LogP contribution in [0, 0.1) is 0 Å². The van der Waals surface area contributed by atoms with E-state index in [0.717, 1.165) is 0 Å². The molecule has 5 rings (SSSR count). The summed E-state index contributed by atoms with van der Waals surface area (Å²) < 4.78 is 8.65. The van der Waals surface area contributed by atoms with Gasteiger partial charge in [0.1, 0.15) is 11.3 Å². The summed E-state index contributed by atoms with van der Waals surface area (Å²) in [5.74, 6) is -0.244. The van der Waals surface area contributed by atoms with Gasteiger partial charge in [-0.2, -0.15) is 0 Å². The van der Waals surface area contributed by atoms with E-state index in [-0.39, 0.29) is 23.5 Å². The Labute approximate surface area is 234 Å². The number of fused-ring (bicyclic) bond motifs is 2. The highest BCUT2D eigenvalue weighted by atomic mass is 16.5. The number of pyridine rings is 2. The van der Waals surface area contributed by atoms with E-state index in [0.29, 0.717) is 67.9 Å². The van der Waals surface area contributed by atoms with Crippen molar-refractivity contribution in [3.05, 3.63) is 60.2 Å². The molecule has 1 saturated heterocycles. The van der Waals surface area contributed by atoms with Crippen molar-refractivity contribution in [3.8, 4) is 0 Å². The highest BCUT2D eigenvalue weighted by Gasteiger charge is 2.19. The Balaban J connectivity index is 0.000000195. The fourth-order valence-corrected chi connectivity index (χ4v) is 3.94. The number of nitrogens with zero attached hydrogens (tertiary/aromatic N) is 5. The predicted octanol–water partition coefficient (Wildman–Crippen LogP) is 2.12. The topological polar surface area (TPSA) is 184 Å². The molecule has 0 aliphatic carbocycles. The molecule has 0 unspecified atom stereocenters. The summed E-state index contributed by atoms with van der Waals surface area (Å²) in [4.78, 5) is 56.3. The Morgan fingerprint density at radius 3 is 1.80 bits per heavy atom. The molecule has 0 saturated carbocycles. The lowest BCUT2D eigenvalue weighted by molar-refractivity contribution is 0.0303. The standard InChI is InChI=1S/C15H19N5O3.C11H12N4O3/c1-2-16-15(22)18-12-10-20-4-3-11(9-13(20)17-12)14(21)19-5-7-23-8-6-19;1-2-12-11(18)14-8-6-15-4-3-7(10(16)17)5-9(15)13-8/h3-4,9-10H,2,5-8H2,1H3,(H2,16,18,22);3-6H,2H2,1H3,(H,16,17)(H2,12,14,18). The van der Waals surface area contributed by atoms with Crippen LogP contribution < -0.4 is 21.3 Å². The zero-order valence-corrected chi connectivity index (χ0v) is 22.6. The van der Waals surface area contributed by atoms with E-state index in [1.54, 1.807) is 50.6 Å². The van der Waals surface area contributed by atoms with Gasteiger partial charge in [-0.3, -0.25) is 15.4 Å². The summed E-state index contributed by atoms with van der Waals surface area (Å²) in [6.07, 6.45) is 6.65. The van der Waals surface area contributed by atoms with Crippen LogP contribution in [-0.4, -0.2) is 92.1 Å². The Kier molecular flexibility index (Phi) is 9.32. The molecule has 1 aliphatic rings. The number of anilines is 2. The average molecular weight is 566 g/mol. The van der Waals surface area contributed by atoms with Crippen LogP contribution in [0.2, 0.25) is 0 Å². The van der Waals surface area contributed by atoms with E-state index in [1.165, 1.54) is 12.1 Å². The van der Waals surface area contributed by atoms with Crippen LogP contribution >= 0.6 is 0 Å². The molecule has 0 radical (unpaired) electrons. The number of ether oxygens (including phenoxy) is 1. The number of carboxylic acids is 1. The first-order chi connectivity index (χ1) is 19.8. The molecule has 0 spiro atoms. The minimum atomic E-state index is -1.02. The number of carbonyl (C=O) groups excluding carboxylic acids is 3. The van der Waals surface area contributed by atoms with Gasteiger partial charge in [0.15, 0.2) is 11.6 Å². The maximum absolute atomic E-state index is 12.5. The van der Waals surface area contributed by atoms with Crippen LogP contribution in [0.5, 0.6) is 0 Å². The largest absolute Gasteiger partial charge is 0.478 e. The predicted molar refractivity (Wildman–Crippen MR) is 149 cm³/mol. The maximum atomic E-state index is 12.5. The molecule has 15 nitrogen and oxygen atoms in total. The summed E-state index contributed by atoms with van der Waals surface area (Å²) in [5, 5.41) is 19.3. The number of urea groups is 2. The molecule has 5 amide bonds. The van der Waals surface area contributed by atoms with Gasteiger partial charge in [0.25, 0.3) is 5.91 Å². The summed E-state index contributed by atoms with van der Waals surface area (Å²) in [5.41, 5.74) is 1.80. The SMILES string of the molecule is CCNC(=O)Nc1cn2ccc(C(=O)N3CCOCC3)cc2n1.CCNC(=O)Nc1cn2ccc(C(=O)O)cc2n1. The van der Waals surface area contributed by atoms with Gasteiger partial charge in [0.2, 0.25) is 0 Å². The monoisotopic (exact) mass is 565 g/mol. The van der Waals surface area contributed by atoms with Gasteiger partial charge in [0, 0.05) is 44.1 Å².